The molecule has 8 aromatic rings. The molecule has 4 heterocycles. The van der Waals surface area contributed by atoms with Crippen molar-refractivity contribution in [2.75, 3.05) is 0 Å². The van der Waals surface area contributed by atoms with Gasteiger partial charge in [0.2, 0.25) is 5.95 Å². The quantitative estimate of drug-likeness (QED) is 0.106. The van der Waals surface area contributed by atoms with E-state index in [1.807, 2.05) is 53.4 Å². The molecule has 0 spiro atoms. The number of rotatable bonds is 9. The molecular weight excluding hydrogens is 867 g/mol. The topological polar surface area (TPSA) is 75.0 Å². The van der Waals surface area contributed by atoms with Crippen molar-refractivity contribution in [3.05, 3.63) is 150 Å². The van der Waals surface area contributed by atoms with Gasteiger partial charge in [0.25, 0.3) is 0 Å². The average molecular weight is 905 g/mol. The zero-order valence-corrected chi connectivity index (χ0v) is 34.3. The summed E-state index contributed by atoms with van der Waals surface area (Å²) in [6, 6.07) is 40.2. The fourth-order valence-electron chi connectivity index (χ4n) is 6.49. The number of hydrogen-bond acceptors (Lipinski definition) is 6. The minimum atomic E-state index is 0. The maximum Gasteiger partial charge on any atom is 2.00 e. The van der Waals surface area contributed by atoms with Crippen LogP contribution in [0, 0.1) is 38.1 Å². The van der Waals surface area contributed by atoms with Crippen LogP contribution in [0.25, 0.3) is 50.3 Å². The Morgan fingerprint density at radius 1 is 0.527 bits per heavy atom. The summed E-state index contributed by atoms with van der Waals surface area (Å²) in [4.78, 5) is 18.4. The number of fused-ring (bicyclic) bond motifs is 3. The summed E-state index contributed by atoms with van der Waals surface area (Å²) >= 11 is 0. The zero-order chi connectivity index (χ0) is 36.6. The molecular formula is C46H37N5O2Pd2. The second-order valence-electron chi connectivity index (χ2n) is 13.8. The van der Waals surface area contributed by atoms with Crippen LogP contribution in [-0.2, 0) is 40.8 Å². The second kappa shape index (κ2) is 16.8. The van der Waals surface area contributed by atoms with Gasteiger partial charge in [0.15, 0.2) is 0 Å². The Morgan fingerprint density at radius 2 is 0.982 bits per heavy atom. The number of benzene rings is 4. The van der Waals surface area contributed by atoms with E-state index in [0.29, 0.717) is 28.9 Å². The fourth-order valence-corrected chi connectivity index (χ4v) is 6.49. The predicted octanol–water partition coefficient (Wildman–Crippen LogP) is 11.3. The summed E-state index contributed by atoms with van der Waals surface area (Å²) in [5.74, 6) is 3.26. The van der Waals surface area contributed by atoms with E-state index >= 15 is 0 Å². The monoisotopic (exact) mass is 903 g/mol. The molecule has 0 N–H and O–H groups in total. The normalized spacial score (nSPS) is 11.1. The van der Waals surface area contributed by atoms with Gasteiger partial charge >= 0.3 is 40.8 Å². The second-order valence-corrected chi connectivity index (χ2v) is 13.8. The third-order valence-electron chi connectivity index (χ3n) is 9.22. The molecule has 9 heteroatoms. The van der Waals surface area contributed by atoms with Gasteiger partial charge in [-0.25, -0.2) is 9.97 Å². The van der Waals surface area contributed by atoms with E-state index in [2.05, 4.69) is 122 Å². The van der Waals surface area contributed by atoms with Crippen molar-refractivity contribution in [3.8, 4) is 51.5 Å². The first-order valence-electron chi connectivity index (χ1n) is 17.8. The first-order chi connectivity index (χ1) is 25.7. The van der Waals surface area contributed by atoms with Crippen molar-refractivity contribution >= 4 is 21.8 Å². The molecule has 0 atom stereocenters. The molecule has 0 aliphatic rings. The average Bonchev–Trinajstić information content (AvgIpc) is 3.47. The minimum absolute atomic E-state index is 0. The first kappa shape index (κ1) is 39.7. The molecule has 0 saturated carbocycles. The summed E-state index contributed by atoms with van der Waals surface area (Å²) in [6.45, 7) is 12.7. The number of nitrogens with zero attached hydrogens (tertiary/aromatic N) is 5. The molecule has 4 aromatic heterocycles. The van der Waals surface area contributed by atoms with Crippen LogP contribution in [0.2, 0.25) is 0 Å². The largest absolute Gasteiger partial charge is 2.00 e. The van der Waals surface area contributed by atoms with Crippen LogP contribution in [0.5, 0.6) is 23.0 Å². The van der Waals surface area contributed by atoms with Crippen LogP contribution in [0.1, 0.15) is 61.8 Å². The van der Waals surface area contributed by atoms with Crippen molar-refractivity contribution < 1.29 is 50.3 Å². The van der Waals surface area contributed by atoms with E-state index in [9.17, 15) is 0 Å². The van der Waals surface area contributed by atoms with Crippen molar-refractivity contribution in [3.63, 3.8) is 0 Å². The summed E-state index contributed by atoms with van der Waals surface area (Å²) in [5.41, 5.74) is 9.25. The first-order valence-corrected chi connectivity index (χ1v) is 17.8. The fraction of sp³-hybridized carbons (Fsp3) is 0.174. The van der Waals surface area contributed by atoms with Gasteiger partial charge in [-0.3, -0.25) is 0 Å². The van der Waals surface area contributed by atoms with Crippen LogP contribution in [0.15, 0.2) is 104 Å². The molecule has 0 unspecified atom stereocenters. The summed E-state index contributed by atoms with van der Waals surface area (Å²) in [6.07, 6.45) is 7.08. The molecule has 4 aromatic carbocycles. The molecule has 0 aliphatic carbocycles. The van der Waals surface area contributed by atoms with E-state index in [4.69, 9.17) is 9.47 Å². The van der Waals surface area contributed by atoms with Gasteiger partial charge in [-0.15, -0.1) is 59.7 Å². The van der Waals surface area contributed by atoms with Gasteiger partial charge in [-0.2, -0.15) is 22.9 Å². The molecule has 55 heavy (non-hydrogen) atoms. The van der Waals surface area contributed by atoms with Crippen LogP contribution in [0.4, 0.5) is 0 Å². The number of aromatic nitrogens is 5. The molecule has 0 aliphatic heterocycles. The summed E-state index contributed by atoms with van der Waals surface area (Å²) in [7, 11) is 0. The number of pyridine rings is 2. The van der Waals surface area contributed by atoms with Crippen molar-refractivity contribution in [1.29, 1.82) is 0 Å². The van der Waals surface area contributed by atoms with E-state index in [1.165, 1.54) is 0 Å². The maximum atomic E-state index is 6.61. The van der Waals surface area contributed by atoms with E-state index in [-0.39, 0.29) is 52.7 Å². The summed E-state index contributed by atoms with van der Waals surface area (Å²) < 4.78 is 15.2. The third kappa shape index (κ3) is 8.18. The summed E-state index contributed by atoms with van der Waals surface area (Å²) in [5, 5.41) is 1.91. The molecule has 0 fully saturated rings. The SMILES string of the molecule is Cc1ccnc(-c2[c-]c(Oc3[c-]c4c(cc3)c3ccc(Oc5[c-]c(-c6cc(C)ccn6)ccc5C(C)C)[c-]c3n4-c3ncccn3)c(C(C)C)cc2)c1.[Pd+2].[Pd+2]. The maximum absolute atomic E-state index is 6.61. The van der Waals surface area contributed by atoms with E-state index in [0.717, 1.165) is 66.6 Å². The van der Waals surface area contributed by atoms with Crippen molar-refractivity contribution in [2.45, 2.75) is 53.4 Å². The van der Waals surface area contributed by atoms with Crippen LogP contribution >= 0.6 is 0 Å². The van der Waals surface area contributed by atoms with Gasteiger partial charge in [0.1, 0.15) is 0 Å². The molecule has 8 rings (SSSR count). The Balaban J connectivity index is 0.00000257. The van der Waals surface area contributed by atoms with Crippen molar-refractivity contribution in [1.82, 2.24) is 24.5 Å². The Bertz CT molecular complexity index is 2460. The molecule has 0 bridgehead atoms. The zero-order valence-electron chi connectivity index (χ0n) is 31.2. The van der Waals surface area contributed by atoms with E-state index < -0.39 is 0 Å². The smallest absolute Gasteiger partial charge is 0.503 e. The van der Waals surface area contributed by atoms with Gasteiger partial charge in [-0.1, -0.05) is 97.1 Å². The van der Waals surface area contributed by atoms with Gasteiger partial charge in [0.05, 0.1) is 0 Å². The van der Waals surface area contributed by atoms with Crippen LogP contribution in [-0.4, -0.2) is 24.5 Å². The van der Waals surface area contributed by atoms with E-state index in [1.54, 1.807) is 18.5 Å². The number of aryl methyl sites for hydroxylation is 2. The van der Waals surface area contributed by atoms with Crippen LogP contribution in [0.3, 0.4) is 0 Å². The third-order valence-corrected chi connectivity index (χ3v) is 9.22. The number of hydrogen-bond donors (Lipinski definition) is 0. The van der Waals surface area contributed by atoms with Gasteiger partial charge in [0, 0.05) is 47.8 Å². The molecule has 7 nitrogen and oxygen atoms in total. The molecule has 0 saturated heterocycles. The molecule has 0 amide bonds. The Morgan fingerprint density at radius 3 is 1.40 bits per heavy atom. The Kier molecular flexibility index (Phi) is 12.1. The van der Waals surface area contributed by atoms with Gasteiger partial charge < -0.3 is 24.0 Å². The van der Waals surface area contributed by atoms with Gasteiger partial charge in [-0.05, 0) is 43.4 Å². The standard InChI is InChI=1S/C46H37N5O2.2Pd/c1-28(2)36-12-8-32(40-22-30(5)16-20-47-40)24-44(36)52-34-10-14-38-39-15-11-35(27-43(39)51(42(38)26-34)46-49-18-7-19-50-46)53-45-25-33(9-13-37(45)29(3)4)41-23-31(6)17-21-48-41;;/h7-23,28-29H,1-6H3;;/q-4;2*+2. The minimum Gasteiger partial charge on any atom is -0.503 e. The van der Waals surface area contributed by atoms with Crippen LogP contribution < -0.4 is 9.47 Å². The predicted molar refractivity (Wildman–Crippen MR) is 209 cm³/mol. The Labute approximate surface area is 349 Å². The molecule has 0 radical (unpaired) electrons. The molecule has 278 valence electrons. The Hall–Kier alpha value is -5.02. The van der Waals surface area contributed by atoms with Crippen molar-refractivity contribution in [2.24, 2.45) is 0 Å². The number of ether oxygens (including phenoxy) is 2.